The predicted molar refractivity (Wildman–Crippen MR) is 303 cm³/mol. The van der Waals surface area contributed by atoms with E-state index in [1.807, 2.05) is 178 Å². The first-order valence-electron chi connectivity index (χ1n) is 27.7. The van der Waals surface area contributed by atoms with Crippen molar-refractivity contribution in [2.75, 3.05) is 61.4 Å². The van der Waals surface area contributed by atoms with Crippen LogP contribution in [0.3, 0.4) is 0 Å². The zero-order valence-electron chi connectivity index (χ0n) is 49.8. The lowest BCUT2D eigenvalue weighted by Crippen LogP contribution is -2.62. The van der Waals surface area contributed by atoms with Crippen molar-refractivity contribution < 1.29 is 45.5 Å². The van der Waals surface area contributed by atoms with Gasteiger partial charge in [-0.05, 0) is 98.0 Å². The Hall–Kier alpha value is -5.74. The van der Waals surface area contributed by atoms with Gasteiger partial charge in [-0.25, -0.2) is 0 Å². The van der Waals surface area contributed by atoms with E-state index in [0.717, 1.165) is 56.0 Å². The maximum absolute atomic E-state index is 14.3. The van der Waals surface area contributed by atoms with E-state index in [9.17, 15) is 45.5 Å². The van der Waals surface area contributed by atoms with Gasteiger partial charge in [-0.1, -0.05) is 152 Å². The van der Waals surface area contributed by atoms with Crippen LogP contribution in [0.5, 0.6) is 0 Å². The van der Waals surface area contributed by atoms with E-state index in [2.05, 4.69) is 4.90 Å². The summed E-state index contributed by atoms with van der Waals surface area (Å²) in [4.78, 5) is 61.5. The highest BCUT2D eigenvalue weighted by Gasteiger charge is 2.56. The average molecular weight is 1100 g/mol. The normalized spacial score (nSPS) is 16.0. The Kier molecular flexibility index (Phi) is 26.3. The Balaban J connectivity index is 0.000000474. The second-order valence-corrected chi connectivity index (χ2v) is 19.3. The Morgan fingerprint density at radius 3 is 1.14 bits per heavy atom. The molecule has 4 aromatic rings. The van der Waals surface area contributed by atoms with E-state index in [0.29, 0.717) is 37.1 Å². The fourth-order valence-corrected chi connectivity index (χ4v) is 11.3. The number of likely N-dealkylation sites (tertiary alicyclic amines) is 1. The maximum atomic E-state index is 14.3. The fraction of sp³-hybridized carbons (Fsp3) is 0.548. The van der Waals surface area contributed by atoms with E-state index in [-0.39, 0.29) is 17.9 Å². The minimum Gasteiger partial charge on any atom is -0.343 e. The van der Waals surface area contributed by atoms with Crippen molar-refractivity contribution in [1.29, 1.82) is 0 Å². The third kappa shape index (κ3) is 14.9. The average Bonchev–Trinajstić information content (AvgIpc) is 3.49. The number of rotatable bonds is 11. The molecule has 3 unspecified atom stereocenters. The van der Waals surface area contributed by atoms with Crippen molar-refractivity contribution >= 4 is 23.6 Å². The molecule has 0 saturated carbocycles. The van der Waals surface area contributed by atoms with Crippen molar-refractivity contribution in [3.05, 3.63) is 142 Å². The van der Waals surface area contributed by atoms with Crippen molar-refractivity contribution in [2.45, 2.75) is 163 Å². The van der Waals surface area contributed by atoms with Crippen molar-refractivity contribution in [1.82, 2.24) is 29.4 Å². The molecular weight excluding hydrogens is 1010 g/mol. The number of hydrogen-bond acceptors (Lipinski definition) is 6. The summed E-state index contributed by atoms with van der Waals surface area (Å²) in [5.74, 6) is -1.31. The number of likely N-dealkylation sites (N-methyl/N-ethyl adjacent to an activating group) is 3. The molecule has 1 aliphatic heterocycles. The molecule has 1 saturated heterocycles. The van der Waals surface area contributed by atoms with Gasteiger partial charge < -0.3 is 19.6 Å². The van der Waals surface area contributed by atoms with E-state index < -0.39 is 66.3 Å². The summed E-state index contributed by atoms with van der Waals surface area (Å²) >= 11 is 0. The minimum absolute atomic E-state index is 0.0112. The standard InChI is InChI=1S/C28H34F3N3O2.C26H32F3N3O2.4C2H6/c1-19(34-15-13-23(14-16-34)33(4)20(2)35)28(26(36)32(3)18-27(29,30)31)24-11-7-5-9-21(24)17-22-10-6-8-12-25(22)28;1-17(31(5)18(2)32(6)19(3)33)26(24(34)30(4)16-25(27,28)29)22-13-9-7-11-20(22)15-21-12-8-10-14-23(21)26;4*1-2/h5-12,19,23H,13-18H2,1-4H3;7-14,17-18H,15-16H2,1-6H3;4*1-2H3. The number of carbonyl (C=O) groups excluding carboxylic acids is 4. The van der Waals surface area contributed by atoms with Crippen LogP contribution >= 0.6 is 0 Å². The summed E-state index contributed by atoms with van der Waals surface area (Å²) in [7, 11) is 7.72. The first kappa shape index (κ1) is 68.4. The van der Waals surface area contributed by atoms with Crippen molar-refractivity contribution in [3.63, 3.8) is 0 Å². The first-order chi connectivity index (χ1) is 36.8. The zero-order chi connectivity index (χ0) is 59.7. The third-order valence-corrected chi connectivity index (χ3v) is 15.3. The number of piperidine rings is 1. The van der Waals surface area contributed by atoms with Gasteiger partial charge in [0.2, 0.25) is 23.6 Å². The number of fused-ring (bicyclic) bond motifs is 4. The van der Waals surface area contributed by atoms with Crippen LogP contribution < -0.4 is 0 Å². The quantitative estimate of drug-likeness (QED) is 0.110. The SMILES string of the molecule is CC.CC.CC.CC.CC(=O)N(C)C(C)N(C)C(C)C1(C(=O)N(C)CC(F)(F)F)c2ccccc2Cc2ccccc21.CC(=O)N(C)C1CCN(C(C)C2(C(=O)N(C)CC(F)(F)F)c3ccccc3Cc3ccccc32)CC1. The molecule has 1 fully saturated rings. The van der Waals surface area contributed by atoms with Crippen LogP contribution in [0.25, 0.3) is 0 Å². The maximum Gasteiger partial charge on any atom is 0.406 e. The van der Waals surface area contributed by atoms with Crippen LogP contribution in [0.2, 0.25) is 0 Å². The summed E-state index contributed by atoms with van der Waals surface area (Å²) in [6.45, 7) is 23.3. The number of hydrogen-bond donors (Lipinski definition) is 0. The molecule has 0 aromatic heterocycles. The van der Waals surface area contributed by atoms with Gasteiger partial charge in [-0.3, -0.25) is 29.0 Å². The van der Waals surface area contributed by atoms with Gasteiger partial charge in [0, 0.05) is 73.3 Å². The fourth-order valence-electron chi connectivity index (χ4n) is 11.3. The summed E-state index contributed by atoms with van der Waals surface area (Å²) in [6, 6.07) is 29.3. The molecule has 0 bridgehead atoms. The van der Waals surface area contributed by atoms with Crippen molar-refractivity contribution in [2.24, 2.45) is 0 Å². The molecule has 7 rings (SSSR count). The lowest BCUT2D eigenvalue weighted by atomic mass is 9.61. The van der Waals surface area contributed by atoms with Gasteiger partial charge in [0.25, 0.3) is 0 Å². The van der Waals surface area contributed by atoms with E-state index in [1.54, 1.807) is 37.9 Å². The van der Waals surface area contributed by atoms with Gasteiger partial charge in [0.15, 0.2) is 0 Å². The second kappa shape index (κ2) is 30.0. The van der Waals surface area contributed by atoms with Crippen LogP contribution in [0.15, 0.2) is 97.1 Å². The lowest BCUT2D eigenvalue weighted by molar-refractivity contribution is -0.163. The first-order valence-corrected chi connectivity index (χ1v) is 27.7. The summed E-state index contributed by atoms with van der Waals surface area (Å²) in [6.07, 6.45) is -6.73. The summed E-state index contributed by atoms with van der Waals surface area (Å²) in [5, 5.41) is 0. The van der Waals surface area contributed by atoms with E-state index >= 15 is 0 Å². The topological polar surface area (TPSA) is 87.7 Å². The third-order valence-electron chi connectivity index (χ3n) is 15.3. The van der Waals surface area contributed by atoms with Crippen LogP contribution in [0, 0.1) is 0 Å². The highest BCUT2D eigenvalue weighted by molar-refractivity contribution is 5.96. The van der Waals surface area contributed by atoms with Crippen LogP contribution in [0.4, 0.5) is 26.3 Å². The second-order valence-electron chi connectivity index (χ2n) is 19.3. The molecule has 78 heavy (non-hydrogen) atoms. The number of carbonyl (C=O) groups is 4. The smallest absolute Gasteiger partial charge is 0.343 e. The molecule has 0 radical (unpaired) electrons. The summed E-state index contributed by atoms with van der Waals surface area (Å²) < 4.78 is 80.5. The van der Waals surface area contributed by atoms with Crippen molar-refractivity contribution in [3.8, 4) is 0 Å². The van der Waals surface area contributed by atoms with Gasteiger partial charge in [0.1, 0.15) is 23.9 Å². The number of halogens is 6. The Labute approximate surface area is 463 Å². The molecule has 2 aliphatic carbocycles. The van der Waals surface area contributed by atoms with Gasteiger partial charge in [-0.2, -0.15) is 26.3 Å². The van der Waals surface area contributed by atoms with E-state index in [1.165, 1.54) is 21.0 Å². The largest absolute Gasteiger partial charge is 0.406 e. The minimum atomic E-state index is -4.53. The molecule has 0 N–H and O–H groups in total. The number of benzene rings is 4. The molecule has 10 nitrogen and oxygen atoms in total. The number of nitrogens with zero attached hydrogens (tertiary/aromatic N) is 6. The molecule has 4 amide bonds. The van der Waals surface area contributed by atoms with E-state index in [4.69, 9.17) is 0 Å². The van der Waals surface area contributed by atoms with Gasteiger partial charge in [-0.15, -0.1) is 0 Å². The molecule has 4 aromatic carbocycles. The van der Waals surface area contributed by atoms with Crippen LogP contribution in [-0.2, 0) is 42.8 Å². The van der Waals surface area contributed by atoms with Gasteiger partial charge >= 0.3 is 12.4 Å². The predicted octanol–water partition coefficient (Wildman–Crippen LogP) is 12.4. The molecular formula is C62H90F6N6O4. The number of amides is 4. The highest BCUT2D eigenvalue weighted by Crippen LogP contribution is 2.49. The molecule has 434 valence electrons. The van der Waals surface area contributed by atoms with Crippen LogP contribution in [0.1, 0.15) is 147 Å². The Bertz CT molecular complexity index is 2450. The Morgan fingerprint density at radius 1 is 0.526 bits per heavy atom. The highest BCUT2D eigenvalue weighted by atomic mass is 19.4. The molecule has 3 aliphatic rings. The lowest BCUT2D eigenvalue weighted by Gasteiger charge is -2.50. The van der Waals surface area contributed by atoms with Crippen LogP contribution in [-0.4, -0.2) is 151 Å². The molecule has 0 spiro atoms. The monoisotopic (exact) mass is 1100 g/mol. The summed E-state index contributed by atoms with van der Waals surface area (Å²) in [5.41, 5.74) is 4.00. The molecule has 3 atom stereocenters. The number of alkyl halides is 6. The molecule has 16 heteroatoms. The Morgan fingerprint density at radius 2 is 0.833 bits per heavy atom. The van der Waals surface area contributed by atoms with Gasteiger partial charge in [0.05, 0.1) is 6.17 Å². The zero-order valence-corrected chi connectivity index (χ0v) is 49.8. The molecule has 1 heterocycles.